The maximum Gasteiger partial charge on any atom is 0.132 e. The third kappa shape index (κ3) is 8.03. The molecule has 1 aliphatic heterocycles. The smallest absolute Gasteiger partial charge is 0.132 e. The first-order valence-electron chi connectivity index (χ1n) is 9.45. The highest BCUT2D eigenvalue weighted by atomic mass is 16.3. The number of carbonyl (C=O) groups is 1. The number of aliphatic hydroxyl groups is 4. The summed E-state index contributed by atoms with van der Waals surface area (Å²) in [7, 11) is 0. The summed E-state index contributed by atoms with van der Waals surface area (Å²) in [5.74, 6) is 0.307. The highest BCUT2D eigenvalue weighted by Crippen LogP contribution is 2.19. The first-order chi connectivity index (χ1) is 11.6. The van der Waals surface area contributed by atoms with Gasteiger partial charge in [0.15, 0.2) is 0 Å². The van der Waals surface area contributed by atoms with Gasteiger partial charge in [-0.25, -0.2) is 0 Å². The van der Waals surface area contributed by atoms with Crippen molar-refractivity contribution >= 4 is 5.78 Å². The van der Waals surface area contributed by atoms with Crippen molar-refractivity contribution < 1.29 is 25.2 Å². The van der Waals surface area contributed by atoms with E-state index in [2.05, 4.69) is 5.32 Å². The van der Waals surface area contributed by atoms with E-state index < -0.39 is 18.2 Å². The number of aliphatic hydroxyl groups excluding tert-OH is 4. The summed E-state index contributed by atoms with van der Waals surface area (Å²) in [4.78, 5) is 11.6. The molecule has 0 bridgehead atoms. The Bertz CT molecular complexity index is 339. The van der Waals surface area contributed by atoms with Crippen LogP contribution in [0.2, 0.25) is 0 Å². The molecule has 0 aromatic heterocycles. The molecule has 6 nitrogen and oxygen atoms in total. The van der Waals surface area contributed by atoms with Gasteiger partial charge in [0, 0.05) is 25.5 Å². The van der Waals surface area contributed by atoms with Crippen molar-refractivity contribution in [1.82, 2.24) is 5.32 Å². The van der Waals surface area contributed by atoms with Crippen LogP contribution in [0.15, 0.2) is 0 Å². The van der Waals surface area contributed by atoms with Crippen molar-refractivity contribution in [3.8, 4) is 0 Å². The number of hydrogen-bond acceptors (Lipinski definition) is 6. The zero-order valence-corrected chi connectivity index (χ0v) is 14.7. The Morgan fingerprint density at radius 2 is 1.29 bits per heavy atom. The molecule has 1 fully saturated rings. The zero-order valence-electron chi connectivity index (χ0n) is 14.7. The van der Waals surface area contributed by atoms with Crippen LogP contribution in [0.25, 0.3) is 0 Å². The Balaban J connectivity index is 1.93. The number of carbonyl (C=O) groups excluding carboxylic acids is 1. The molecular formula is C18H35NO5. The molecule has 4 atom stereocenters. The van der Waals surface area contributed by atoms with Crippen LogP contribution in [0, 0.1) is 0 Å². The molecule has 0 aliphatic carbocycles. The molecule has 1 saturated heterocycles. The van der Waals surface area contributed by atoms with Crippen LogP contribution in [-0.2, 0) is 4.79 Å². The molecule has 1 heterocycles. The summed E-state index contributed by atoms with van der Waals surface area (Å²) in [6.07, 6.45) is 8.21. The van der Waals surface area contributed by atoms with E-state index in [-0.39, 0.29) is 19.3 Å². The lowest BCUT2D eigenvalue weighted by molar-refractivity contribution is -0.119. The van der Waals surface area contributed by atoms with Crippen LogP contribution in [0.1, 0.15) is 70.6 Å². The Morgan fingerprint density at radius 1 is 0.750 bits per heavy atom. The Hall–Kier alpha value is -0.530. The van der Waals surface area contributed by atoms with E-state index in [1.165, 1.54) is 0 Å². The fraction of sp³-hybridized carbons (Fsp3) is 0.944. The largest absolute Gasteiger partial charge is 0.396 e. The number of ketones is 1. The molecule has 6 heteroatoms. The van der Waals surface area contributed by atoms with Gasteiger partial charge >= 0.3 is 0 Å². The van der Waals surface area contributed by atoms with Crippen LogP contribution < -0.4 is 5.32 Å². The van der Waals surface area contributed by atoms with Crippen molar-refractivity contribution in [1.29, 1.82) is 0 Å². The number of Topliss-reactive ketones (excluding diaryl/α,β-unsaturated/α-hetero) is 1. The van der Waals surface area contributed by atoms with Gasteiger partial charge in [0.25, 0.3) is 0 Å². The summed E-state index contributed by atoms with van der Waals surface area (Å²) in [6.45, 7) is 0.00769. The van der Waals surface area contributed by atoms with E-state index >= 15 is 0 Å². The summed E-state index contributed by atoms with van der Waals surface area (Å²) in [5, 5.41) is 40.5. The van der Waals surface area contributed by atoms with Gasteiger partial charge in [0.2, 0.25) is 0 Å². The van der Waals surface area contributed by atoms with Gasteiger partial charge < -0.3 is 25.7 Å². The van der Waals surface area contributed by atoms with Gasteiger partial charge in [0.05, 0.1) is 24.9 Å². The number of nitrogens with one attached hydrogen (secondary N) is 1. The molecule has 1 aliphatic rings. The van der Waals surface area contributed by atoms with Gasteiger partial charge in [-0.1, -0.05) is 32.1 Å². The highest BCUT2D eigenvalue weighted by Gasteiger charge is 2.39. The second-order valence-corrected chi connectivity index (χ2v) is 6.92. The standard InChI is InChI=1S/C18H35NO5/c20-12-8-7-10-14(22)9-5-3-1-2-4-6-11-15-17(23)18(24)16(13-21)19-15/h15-21,23-24H,1-13H2/t15-,16-,17-,18+/m1/s1. The van der Waals surface area contributed by atoms with E-state index in [0.29, 0.717) is 25.0 Å². The molecule has 0 radical (unpaired) electrons. The van der Waals surface area contributed by atoms with E-state index in [4.69, 9.17) is 10.2 Å². The maximum atomic E-state index is 11.6. The molecule has 0 aromatic carbocycles. The van der Waals surface area contributed by atoms with E-state index in [1.807, 2.05) is 0 Å². The molecule has 0 saturated carbocycles. The third-order valence-corrected chi connectivity index (χ3v) is 4.88. The number of unbranched alkanes of at least 4 members (excludes halogenated alkanes) is 6. The molecular weight excluding hydrogens is 310 g/mol. The molecule has 5 N–H and O–H groups in total. The van der Waals surface area contributed by atoms with E-state index in [0.717, 1.165) is 51.4 Å². The summed E-state index contributed by atoms with van der Waals surface area (Å²) < 4.78 is 0. The minimum atomic E-state index is -0.880. The van der Waals surface area contributed by atoms with E-state index in [1.54, 1.807) is 0 Å². The van der Waals surface area contributed by atoms with Gasteiger partial charge in [-0.15, -0.1) is 0 Å². The fourth-order valence-electron chi connectivity index (χ4n) is 3.32. The zero-order chi connectivity index (χ0) is 17.8. The summed E-state index contributed by atoms with van der Waals surface area (Å²) in [5.41, 5.74) is 0. The Morgan fingerprint density at radius 3 is 1.88 bits per heavy atom. The van der Waals surface area contributed by atoms with Crippen molar-refractivity contribution in [3.05, 3.63) is 0 Å². The maximum absolute atomic E-state index is 11.6. The average Bonchev–Trinajstić information content (AvgIpc) is 2.85. The van der Waals surface area contributed by atoms with Gasteiger partial charge in [-0.2, -0.15) is 0 Å². The predicted octanol–water partition coefficient (Wildman–Crippen LogP) is 0.893. The third-order valence-electron chi connectivity index (χ3n) is 4.88. The second-order valence-electron chi connectivity index (χ2n) is 6.92. The quantitative estimate of drug-likeness (QED) is 0.299. The monoisotopic (exact) mass is 345 g/mol. The molecule has 1 rings (SSSR count). The van der Waals surface area contributed by atoms with Gasteiger partial charge in [-0.3, -0.25) is 4.79 Å². The summed E-state index contributed by atoms with van der Waals surface area (Å²) in [6, 6.07) is -0.548. The number of hydrogen-bond donors (Lipinski definition) is 5. The summed E-state index contributed by atoms with van der Waals surface area (Å²) >= 11 is 0. The van der Waals surface area contributed by atoms with Crippen molar-refractivity contribution in [2.45, 2.75) is 94.9 Å². The molecule has 0 amide bonds. The number of rotatable bonds is 14. The lowest BCUT2D eigenvalue weighted by Crippen LogP contribution is -2.36. The van der Waals surface area contributed by atoms with Gasteiger partial charge in [-0.05, 0) is 25.7 Å². The van der Waals surface area contributed by atoms with Crippen LogP contribution in [0.5, 0.6) is 0 Å². The Kier molecular flexibility index (Phi) is 11.5. The average molecular weight is 345 g/mol. The predicted molar refractivity (Wildman–Crippen MR) is 92.7 cm³/mol. The minimum Gasteiger partial charge on any atom is -0.396 e. The molecule has 24 heavy (non-hydrogen) atoms. The van der Waals surface area contributed by atoms with Crippen molar-refractivity contribution in [3.63, 3.8) is 0 Å². The Labute approximate surface area is 145 Å². The lowest BCUT2D eigenvalue weighted by Gasteiger charge is -2.15. The molecule has 0 aromatic rings. The van der Waals surface area contributed by atoms with Crippen LogP contribution in [-0.4, -0.2) is 63.7 Å². The normalized spacial score (nSPS) is 26.8. The van der Waals surface area contributed by atoms with Crippen molar-refractivity contribution in [2.24, 2.45) is 0 Å². The van der Waals surface area contributed by atoms with Crippen LogP contribution in [0.3, 0.4) is 0 Å². The first-order valence-corrected chi connectivity index (χ1v) is 9.45. The molecule has 0 unspecified atom stereocenters. The second kappa shape index (κ2) is 12.8. The molecule has 142 valence electrons. The van der Waals surface area contributed by atoms with Crippen LogP contribution >= 0.6 is 0 Å². The highest BCUT2D eigenvalue weighted by molar-refractivity contribution is 5.78. The SMILES string of the molecule is O=C(CCCCO)CCCCCCCC[C@H]1N[C@H](CO)[C@H](O)[C@@H]1O. The lowest BCUT2D eigenvalue weighted by atomic mass is 10.0. The molecule has 0 spiro atoms. The van der Waals surface area contributed by atoms with Gasteiger partial charge in [0.1, 0.15) is 5.78 Å². The first kappa shape index (κ1) is 21.5. The fourth-order valence-corrected chi connectivity index (χ4v) is 3.32. The topological polar surface area (TPSA) is 110 Å². The minimum absolute atomic E-state index is 0.131. The van der Waals surface area contributed by atoms with Crippen molar-refractivity contribution in [2.75, 3.05) is 13.2 Å². The van der Waals surface area contributed by atoms with E-state index in [9.17, 15) is 15.0 Å². The van der Waals surface area contributed by atoms with Crippen LogP contribution in [0.4, 0.5) is 0 Å².